The van der Waals surface area contributed by atoms with Gasteiger partial charge in [0.1, 0.15) is 14.8 Å². The summed E-state index contributed by atoms with van der Waals surface area (Å²) in [6.07, 6.45) is 0.623. The van der Waals surface area contributed by atoms with Crippen molar-refractivity contribution in [2.45, 2.75) is 27.5 Å². The summed E-state index contributed by atoms with van der Waals surface area (Å²) in [4.78, 5) is 23.6. The summed E-state index contributed by atoms with van der Waals surface area (Å²) < 4.78 is 25.2. The number of hydrogen-bond donors (Lipinski definition) is 3. The Hall–Kier alpha value is -1.94. The summed E-state index contributed by atoms with van der Waals surface area (Å²) in [5.41, 5.74) is 3.68. The number of rotatable bonds is 5. The number of hydrogen-bond acceptors (Lipinski definition) is 6. The molecule has 1 aromatic heterocycles. The van der Waals surface area contributed by atoms with Gasteiger partial charge in [0.15, 0.2) is 0 Å². The molecule has 0 bridgehead atoms. The summed E-state index contributed by atoms with van der Waals surface area (Å²) in [5, 5.41) is 12.6. The van der Waals surface area contributed by atoms with Gasteiger partial charge in [-0.05, 0) is 43.2 Å². The Morgan fingerprint density at radius 1 is 1.24 bits per heavy atom. The van der Waals surface area contributed by atoms with Gasteiger partial charge in [-0.2, -0.15) is 0 Å². The van der Waals surface area contributed by atoms with Gasteiger partial charge in [0, 0.05) is 5.02 Å². The molecule has 0 spiro atoms. The number of sulfone groups is 1. The molecule has 1 fully saturated rings. The monoisotopic (exact) mass is 400 g/mol. The van der Waals surface area contributed by atoms with E-state index in [4.69, 9.17) is 17.3 Å². The summed E-state index contributed by atoms with van der Waals surface area (Å²) in [6.45, 7) is 0. The Balaban J connectivity index is 1.99. The van der Waals surface area contributed by atoms with Crippen molar-refractivity contribution in [3.05, 3.63) is 40.9 Å². The second-order valence-electron chi connectivity index (χ2n) is 5.62. The first-order chi connectivity index (χ1) is 11.6. The molecule has 1 heterocycles. The van der Waals surface area contributed by atoms with E-state index in [0.717, 1.165) is 6.07 Å². The fourth-order valence-electron chi connectivity index (χ4n) is 2.07. The Labute approximate surface area is 152 Å². The third-order valence-electron chi connectivity index (χ3n) is 3.74. The van der Waals surface area contributed by atoms with Gasteiger partial charge in [0.25, 0.3) is 11.8 Å². The molecule has 0 unspecified atom stereocenters. The van der Waals surface area contributed by atoms with Crippen molar-refractivity contribution < 1.29 is 23.1 Å². The van der Waals surface area contributed by atoms with Crippen molar-refractivity contribution in [3.8, 4) is 0 Å². The van der Waals surface area contributed by atoms with Gasteiger partial charge in [-0.3, -0.25) is 9.59 Å². The molecular weight excluding hydrogens is 388 g/mol. The molecule has 1 saturated carbocycles. The van der Waals surface area contributed by atoms with Gasteiger partial charge < -0.3 is 16.2 Å². The maximum atomic E-state index is 12.7. The van der Waals surface area contributed by atoms with Gasteiger partial charge in [-0.1, -0.05) is 11.6 Å². The molecule has 1 aliphatic carbocycles. The van der Waals surface area contributed by atoms with Crippen molar-refractivity contribution in [2.24, 2.45) is 5.73 Å². The number of carbonyl (C=O) groups is 2. The number of primary amides is 1. The van der Waals surface area contributed by atoms with Crippen LogP contribution in [0.3, 0.4) is 0 Å². The lowest BCUT2D eigenvalue weighted by atomic mass is 10.3. The van der Waals surface area contributed by atoms with Crippen LogP contribution in [0.2, 0.25) is 5.02 Å². The lowest BCUT2D eigenvalue weighted by Crippen LogP contribution is -2.29. The van der Waals surface area contributed by atoms with Crippen molar-refractivity contribution in [1.82, 2.24) is 0 Å². The molecule has 1 aromatic carbocycles. The van der Waals surface area contributed by atoms with Crippen LogP contribution in [0.25, 0.3) is 0 Å². The van der Waals surface area contributed by atoms with Gasteiger partial charge in [-0.15, -0.1) is 11.3 Å². The summed E-state index contributed by atoms with van der Waals surface area (Å²) >= 11 is 6.46. The third kappa shape index (κ3) is 3.40. The summed E-state index contributed by atoms with van der Waals surface area (Å²) in [7, 11) is -3.91. The van der Waals surface area contributed by atoms with Crippen LogP contribution >= 0.6 is 22.9 Å². The van der Waals surface area contributed by atoms with E-state index >= 15 is 0 Å². The van der Waals surface area contributed by atoms with E-state index in [0.29, 0.717) is 29.2 Å². The normalized spacial score (nSPS) is 15.6. The van der Waals surface area contributed by atoms with Crippen LogP contribution in [0.5, 0.6) is 0 Å². The van der Waals surface area contributed by atoms with Crippen LogP contribution in [-0.2, 0) is 14.6 Å². The molecule has 10 heteroatoms. The molecule has 0 saturated heterocycles. The van der Waals surface area contributed by atoms with E-state index in [1.165, 1.54) is 24.3 Å². The highest BCUT2D eigenvalue weighted by Gasteiger charge is 2.48. The average molecular weight is 401 g/mol. The lowest BCUT2D eigenvalue weighted by molar-refractivity contribution is -0.125. The van der Waals surface area contributed by atoms with Crippen LogP contribution < -0.4 is 11.1 Å². The van der Waals surface area contributed by atoms with E-state index in [-0.39, 0.29) is 19.7 Å². The number of aliphatic hydroxyl groups is 1. The minimum Gasteiger partial charge on any atom is -0.380 e. The molecule has 2 amide bonds. The van der Waals surface area contributed by atoms with Gasteiger partial charge >= 0.3 is 0 Å². The van der Waals surface area contributed by atoms with Crippen molar-refractivity contribution in [1.29, 1.82) is 0 Å². The van der Waals surface area contributed by atoms with Crippen LogP contribution in [0.1, 0.15) is 23.2 Å². The maximum Gasteiger partial charge on any atom is 0.256 e. The number of thiophene rings is 1. The molecular formula is C15H13ClN2O5S2. The van der Waals surface area contributed by atoms with Crippen molar-refractivity contribution >= 4 is 49.6 Å². The van der Waals surface area contributed by atoms with E-state index in [1.54, 1.807) is 0 Å². The Bertz CT molecular complexity index is 962. The molecule has 132 valence electrons. The zero-order chi connectivity index (χ0) is 18.4. The first kappa shape index (κ1) is 17.9. The van der Waals surface area contributed by atoms with Crippen LogP contribution in [0.15, 0.2) is 39.4 Å². The van der Waals surface area contributed by atoms with E-state index in [9.17, 15) is 23.1 Å². The first-order valence-electron chi connectivity index (χ1n) is 7.12. The fraction of sp³-hybridized carbons (Fsp3) is 0.200. The number of nitrogens with one attached hydrogen (secondary N) is 1. The first-order valence-corrected chi connectivity index (χ1v) is 9.79. The molecule has 1 aliphatic rings. The number of anilines is 1. The van der Waals surface area contributed by atoms with E-state index in [1.807, 2.05) is 0 Å². The smallest absolute Gasteiger partial charge is 0.256 e. The predicted octanol–water partition coefficient (Wildman–Crippen LogP) is 1.80. The molecule has 7 nitrogen and oxygen atoms in total. The molecule has 0 aliphatic heterocycles. The van der Waals surface area contributed by atoms with E-state index < -0.39 is 27.3 Å². The highest BCUT2D eigenvalue weighted by atomic mass is 35.5. The topological polar surface area (TPSA) is 127 Å². The second kappa shape index (κ2) is 6.10. The van der Waals surface area contributed by atoms with Crippen LogP contribution in [-0.4, -0.2) is 30.9 Å². The minimum absolute atomic E-state index is 0.00660. The number of amides is 2. The zero-order valence-corrected chi connectivity index (χ0v) is 15.0. The Morgan fingerprint density at radius 2 is 1.84 bits per heavy atom. The standard InChI is InChI=1S/C15H13ClN2O5S2/c16-8-1-3-9(4-2-8)25(22,23)11-7-10(12(17)19)13(24-11)18-14(20)15(21)5-6-15/h1-4,7,21H,5-6H2,(H2,17,19)(H,18,20). The van der Waals surface area contributed by atoms with Gasteiger partial charge in [0.2, 0.25) is 9.84 Å². The molecule has 0 atom stereocenters. The van der Waals surface area contributed by atoms with E-state index in [2.05, 4.69) is 5.32 Å². The lowest BCUT2D eigenvalue weighted by Gasteiger charge is -2.08. The molecule has 25 heavy (non-hydrogen) atoms. The second-order valence-corrected chi connectivity index (χ2v) is 9.28. The number of carbonyl (C=O) groups excluding carboxylic acids is 2. The fourth-order valence-corrected chi connectivity index (χ4v) is 4.97. The Kier molecular flexibility index (Phi) is 4.36. The zero-order valence-electron chi connectivity index (χ0n) is 12.7. The summed E-state index contributed by atoms with van der Waals surface area (Å²) in [6, 6.07) is 6.66. The number of halogens is 1. The maximum absolute atomic E-state index is 12.7. The van der Waals surface area contributed by atoms with Gasteiger partial charge in [-0.25, -0.2) is 8.42 Å². The number of nitrogens with two attached hydrogens (primary N) is 1. The van der Waals surface area contributed by atoms with Gasteiger partial charge in [0.05, 0.1) is 10.5 Å². The SMILES string of the molecule is NC(=O)c1cc(S(=O)(=O)c2ccc(Cl)cc2)sc1NC(=O)C1(O)CC1. The molecule has 3 rings (SSSR count). The largest absolute Gasteiger partial charge is 0.380 e. The molecule has 4 N–H and O–H groups in total. The minimum atomic E-state index is -3.91. The third-order valence-corrected chi connectivity index (χ3v) is 7.28. The van der Waals surface area contributed by atoms with Crippen molar-refractivity contribution in [2.75, 3.05) is 5.32 Å². The van der Waals surface area contributed by atoms with Crippen LogP contribution in [0.4, 0.5) is 5.00 Å². The highest BCUT2D eigenvalue weighted by molar-refractivity contribution is 7.93. The average Bonchev–Trinajstić information content (AvgIpc) is 3.15. The van der Waals surface area contributed by atoms with Crippen molar-refractivity contribution in [3.63, 3.8) is 0 Å². The molecule has 0 radical (unpaired) electrons. The quantitative estimate of drug-likeness (QED) is 0.705. The predicted molar refractivity (Wildman–Crippen MR) is 92.6 cm³/mol. The Morgan fingerprint density at radius 3 is 2.36 bits per heavy atom. The highest BCUT2D eigenvalue weighted by Crippen LogP contribution is 2.39. The molecule has 2 aromatic rings. The van der Waals surface area contributed by atoms with Crippen LogP contribution in [0, 0.1) is 0 Å². The summed E-state index contributed by atoms with van der Waals surface area (Å²) in [5.74, 6) is -1.57. The number of benzene rings is 1.